The van der Waals surface area contributed by atoms with E-state index in [2.05, 4.69) is 51.5 Å². The van der Waals surface area contributed by atoms with E-state index in [0.717, 1.165) is 27.5 Å². The Morgan fingerprint density at radius 2 is 1.68 bits per heavy atom. The number of barbiturate groups is 1. The van der Waals surface area contributed by atoms with Crippen LogP contribution in [0.4, 0.5) is 10.5 Å². The number of anilines is 1. The first-order valence-electron chi connectivity index (χ1n) is 10.5. The average molecular weight is 569 g/mol. The molecule has 34 heavy (non-hydrogen) atoms. The summed E-state index contributed by atoms with van der Waals surface area (Å²) in [7, 11) is 0. The number of hydrogen-bond acceptors (Lipinski definition) is 5. The highest BCUT2D eigenvalue weighted by Crippen LogP contribution is 2.36. The van der Waals surface area contributed by atoms with E-state index in [4.69, 9.17) is 9.47 Å². The number of benzene rings is 2. The van der Waals surface area contributed by atoms with E-state index in [1.165, 1.54) is 15.7 Å². The summed E-state index contributed by atoms with van der Waals surface area (Å²) < 4.78 is 13.9. The van der Waals surface area contributed by atoms with Crippen LogP contribution in [0.25, 0.3) is 11.8 Å². The number of amides is 4. The second kappa shape index (κ2) is 8.32. The maximum absolute atomic E-state index is 13.3. The third kappa shape index (κ3) is 3.65. The Morgan fingerprint density at radius 1 is 0.941 bits per heavy atom. The molecule has 1 saturated heterocycles. The van der Waals surface area contributed by atoms with Gasteiger partial charge in [-0.2, -0.15) is 0 Å². The lowest BCUT2D eigenvalue weighted by Gasteiger charge is -2.26. The minimum atomic E-state index is -0.814. The molecule has 4 amide bonds. The zero-order valence-corrected chi connectivity index (χ0v) is 20.8. The molecule has 0 atom stereocenters. The van der Waals surface area contributed by atoms with Crippen LogP contribution < -0.4 is 19.7 Å². The van der Waals surface area contributed by atoms with Gasteiger partial charge in [-0.3, -0.25) is 14.9 Å². The first-order chi connectivity index (χ1) is 16.2. The summed E-state index contributed by atoms with van der Waals surface area (Å²) in [4.78, 5) is 39.4. The average Bonchev–Trinajstić information content (AvgIpc) is 3.36. The highest BCUT2D eigenvalue weighted by molar-refractivity contribution is 14.1. The van der Waals surface area contributed by atoms with Crippen LogP contribution in [0, 0.1) is 24.3 Å². The van der Waals surface area contributed by atoms with Gasteiger partial charge >= 0.3 is 6.03 Å². The number of aryl methyl sites for hydroxylation is 2. The molecule has 3 heterocycles. The zero-order valence-electron chi connectivity index (χ0n) is 18.6. The molecular weight excluding hydrogens is 549 g/mol. The molecule has 8 nitrogen and oxygen atoms in total. The molecule has 1 N–H and O–H groups in total. The molecule has 0 radical (unpaired) electrons. The van der Waals surface area contributed by atoms with Crippen LogP contribution in [-0.4, -0.2) is 29.2 Å². The standard InChI is InChI=1S/C25H20IN3O5/c1-13-8-17(4-6-20(13)26)28-14(2)9-16(15(28)3)10-19-23(30)27-25(32)29(24(19)31)18-5-7-21-22(11-18)34-12-33-21/h4-11H,12H2,1-3H3,(H,27,30,32)/b19-10+. The van der Waals surface area contributed by atoms with E-state index in [0.29, 0.717) is 17.1 Å². The lowest BCUT2D eigenvalue weighted by Crippen LogP contribution is -2.54. The van der Waals surface area contributed by atoms with Gasteiger partial charge in [-0.05, 0) is 97.0 Å². The molecule has 0 saturated carbocycles. The van der Waals surface area contributed by atoms with Crippen LogP contribution in [-0.2, 0) is 9.59 Å². The van der Waals surface area contributed by atoms with E-state index in [9.17, 15) is 14.4 Å². The zero-order chi connectivity index (χ0) is 24.1. The van der Waals surface area contributed by atoms with E-state index < -0.39 is 17.8 Å². The van der Waals surface area contributed by atoms with Crippen LogP contribution >= 0.6 is 22.6 Å². The van der Waals surface area contributed by atoms with Gasteiger partial charge in [0.15, 0.2) is 11.5 Å². The van der Waals surface area contributed by atoms with Crippen molar-refractivity contribution >= 4 is 52.2 Å². The predicted octanol–water partition coefficient (Wildman–Crippen LogP) is 4.40. The molecule has 2 aromatic carbocycles. The molecule has 3 aromatic rings. The second-order valence-electron chi connectivity index (χ2n) is 8.09. The molecule has 0 unspecified atom stereocenters. The Balaban J connectivity index is 1.54. The first-order valence-corrected chi connectivity index (χ1v) is 11.6. The van der Waals surface area contributed by atoms with Gasteiger partial charge in [0.2, 0.25) is 6.79 Å². The molecule has 2 aliphatic heterocycles. The summed E-state index contributed by atoms with van der Waals surface area (Å²) in [5.41, 5.74) is 4.85. The molecule has 0 aliphatic carbocycles. The summed E-state index contributed by atoms with van der Waals surface area (Å²) >= 11 is 2.29. The summed E-state index contributed by atoms with van der Waals surface area (Å²) in [6, 6.07) is 12.0. The summed E-state index contributed by atoms with van der Waals surface area (Å²) in [6.45, 7) is 6.01. The monoisotopic (exact) mass is 569 g/mol. The fourth-order valence-corrected chi connectivity index (χ4v) is 4.51. The minimum absolute atomic E-state index is 0.0677. The van der Waals surface area contributed by atoms with E-state index >= 15 is 0 Å². The third-order valence-corrected chi connectivity index (χ3v) is 7.10. The smallest absolute Gasteiger partial charge is 0.335 e. The normalized spacial score (nSPS) is 16.4. The number of rotatable bonds is 3. The molecule has 0 spiro atoms. The van der Waals surface area contributed by atoms with E-state index in [1.807, 2.05) is 26.0 Å². The molecule has 9 heteroatoms. The van der Waals surface area contributed by atoms with Crippen LogP contribution in [0.2, 0.25) is 0 Å². The van der Waals surface area contributed by atoms with Crippen molar-refractivity contribution in [1.82, 2.24) is 9.88 Å². The number of nitrogens with one attached hydrogen (secondary N) is 1. The molecule has 1 aromatic heterocycles. The van der Waals surface area contributed by atoms with Crippen molar-refractivity contribution in [2.24, 2.45) is 0 Å². The van der Waals surface area contributed by atoms with Gasteiger partial charge in [0, 0.05) is 26.7 Å². The van der Waals surface area contributed by atoms with Crippen molar-refractivity contribution in [3.05, 3.63) is 74.1 Å². The van der Waals surface area contributed by atoms with Gasteiger partial charge in [-0.15, -0.1) is 0 Å². The first kappa shape index (κ1) is 22.2. The van der Waals surface area contributed by atoms with E-state index in [-0.39, 0.29) is 18.1 Å². The number of urea groups is 1. The Morgan fingerprint density at radius 3 is 2.44 bits per heavy atom. The van der Waals surface area contributed by atoms with Crippen LogP contribution in [0.15, 0.2) is 48.0 Å². The maximum Gasteiger partial charge on any atom is 0.335 e. The SMILES string of the molecule is Cc1cc(-n2c(C)cc(/C=C3\C(=O)NC(=O)N(c4ccc5c(c4)OCO5)C3=O)c2C)ccc1I. The van der Waals surface area contributed by atoms with Crippen LogP contribution in [0.1, 0.15) is 22.5 Å². The number of aromatic nitrogens is 1. The van der Waals surface area contributed by atoms with Crippen molar-refractivity contribution in [1.29, 1.82) is 0 Å². The topological polar surface area (TPSA) is 89.9 Å². The summed E-state index contributed by atoms with van der Waals surface area (Å²) in [5.74, 6) is -0.486. The highest BCUT2D eigenvalue weighted by Gasteiger charge is 2.37. The number of carbonyl (C=O) groups excluding carboxylic acids is 3. The predicted molar refractivity (Wildman–Crippen MR) is 134 cm³/mol. The third-order valence-electron chi connectivity index (χ3n) is 5.89. The number of carbonyl (C=O) groups is 3. The molecule has 5 rings (SSSR count). The molecule has 0 bridgehead atoms. The lowest BCUT2D eigenvalue weighted by molar-refractivity contribution is -0.122. The molecule has 1 fully saturated rings. The second-order valence-corrected chi connectivity index (χ2v) is 9.25. The maximum atomic E-state index is 13.3. The Bertz CT molecular complexity index is 1420. The van der Waals surface area contributed by atoms with Crippen molar-refractivity contribution in [3.63, 3.8) is 0 Å². The van der Waals surface area contributed by atoms with Gasteiger partial charge < -0.3 is 14.0 Å². The number of halogens is 1. The van der Waals surface area contributed by atoms with Crippen LogP contribution in [0.5, 0.6) is 11.5 Å². The van der Waals surface area contributed by atoms with Crippen molar-refractivity contribution in [2.75, 3.05) is 11.7 Å². The largest absolute Gasteiger partial charge is 0.454 e. The van der Waals surface area contributed by atoms with Crippen molar-refractivity contribution in [3.8, 4) is 17.2 Å². The van der Waals surface area contributed by atoms with Gasteiger partial charge in [0.1, 0.15) is 5.57 Å². The minimum Gasteiger partial charge on any atom is -0.454 e. The summed E-state index contributed by atoms with van der Waals surface area (Å²) in [6.07, 6.45) is 1.53. The Hall–Kier alpha value is -3.60. The quantitative estimate of drug-likeness (QED) is 0.287. The number of hydrogen-bond donors (Lipinski definition) is 1. The van der Waals surface area contributed by atoms with Gasteiger partial charge in [-0.1, -0.05) is 0 Å². The molecule has 2 aliphatic rings. The van der Waals surface area contributed by atoms with Gasteiger partial charge in [-0.25, -0.2) is 9.69 Å². The van der Waals surface area contributed by atoms with Crippen LogP contribution in [0.3, 0.4) is 0 Å². The Kier molecular flexibility index (Phi) is 5.43. The molecule has 172 valence electrons. The number of fused-ring (bicyclic) bond motifs is 1. The number of nitrogens with zero attached hydrogens (tertiary/aromatic N) is 2. The van der Waals surface area contributed by atoms with Gasteiger partial charge in [0.25, 0.3) is 11.8 Å². The van der Waals surface area contributed by atoms with E-state index in [1.54, 1.807) is 12.1 Å². The highest BCUT2D eigenvalue weighted by atomic mass is 127. The number of ether oxygens (including phenoxy) is 2. The lowest BCUT2D eigenvalue weighted by atomic mass is 10.1. The summed E-state index contributed by atoms with van der Waals surface area (Å²) in [5, 5.41) is 2.26. The van der Waals surface area contributed by atoms with Crippen molar-refractivity contribution in [2.45, 2.75) is 20.8 Å². The number of imide groups is 2. The fraction of sp³-hybridized carbons (Fsp3) is 0.160. The Labute approximate surface area is 209 Å². The fourth-order valence-electron chi connectivity index (χ4n) is 4.17. The van der Waals surface area contributed by atoms with Gasteiger partial charge in [0.05, 0.1) is 5.69 Å². The van der Waals surface area contributed by atoms with Crippen molar-refractivity contribution < 1.29 is 23.9 Å². The molecular formula is C25H20IN3O5.